The molecule has 1 unspecified atom stereocenters. The van der Waals surface area contributed by atoms with Crippen molar-refractivity contribution in [3.05, 3.63) is 58.1 Å². The van der Waals surface area contributed by atoms with Crippen molar-refractivity contribution in [1.29, 1.82) is 0 Å². The first kappa shape index (κ1) is 19.2. The van der Waals surface area contributed by atoms with Crippen molar-refractivity contribution in [3.63, 3.8) is 0 Å². The van der Waals surface area contributed by atoms with Crippen LogP contribution in [0.5, 0.6) is 5.75 Å². The summed E-state index contributed by atoms with van der Waals surface area (Å²) in [6.07, 6.45) is -3.49. The van der Waals surface area contributed by atoms with E-state index in [9.17, 15) is 26.7 Å². The van der Waals surface area contributed by atoms with Crippen LogP contribution >= 0.6 is 15.9 Å². The molecule has 0 radical (unpaired) electrons. The molecule has 1 aliphatic heterocycles. The molecule has 1 heterocycles. The van der Waals surface area contributed by atoms with E-state index < -0.39 is 32.7 Å². The van der Waals surface area contributed by atoms with Gasteiger partial charge in [0, 0.05) is 11.0 Å². The number of phenols is 1. The highest BCUT2D eigenvalue weighted by molar-refractivity contribution is 9.10. The molecule has 1 fully saturated rings. The number of nitrogens with zero attached hydrogens (tertiary/aromatic N) is 1. The first-order valence-corrected chi connectivity index (χ1v) is 10.0. The predicted octanol–water partition coefficient (Wildman–Crippen LogP) is 4.70. The maximum Gasteiger partial charge on any atom is 0.417 e. The topological polar surface area (TPSA) is 57.6 Å². The van der Waals surface area contributed by atoms with Crippen LogP contribution in [0.2, 0.25) is 0 Å². The van der Waals surface area contributed by atoms with Gasteiger partial charge < -0.3 is 5.11 Å². The molecule has 1 saturated heterocycles. The Morgan fingerprint density at radius 3 is 2.38 bits per heavy atom. The van der Waals surface area contributed by atoms with Crippen LogP contribution in [-0.4, -0.2) is 24.4 Å². The fraction of sp³-hybridized carbons (Fsp3) is 0.294. The summed E-state index contributed by atoms with van der Waals surface area (Å²) in [5, 5.41) is 9.39. The Labute approximate surface area is 157 Å². The molecule has 140 valence electrons. The van der Waals surface area contributed by atoms with Crippen molar-refractivity contribution >= 4 is 26.0 Å². The van der Waals surface area contributed by atoms with Crippen LogP contribution in [0.4, 0.5) is 13.2 Å². The van der Waals surface area contributed by atoms with Crippen molar-refractivity contribution < 1.29 is 26.7 Å². The highest BCUT2D eigenvalue weighted by Gasteiger charge is 2.39. The second kappa shape index (κ2) is 6.86. The van der Waals surface area contributed by atoms with Gasteiger partial charge in [0.05, 0.1) is 16.5 Å². The minimum Gasteiger partial charge on any atom is -0.508 e. The Morgan fingerprint density at radius 1 is 1.12 bits per heavy atom. The van der Waals surface area contributed by atoms with E-state index in [1.54, 1.807) is 12.1 Å². The Bertz CT molecular complexity index is 914. The lowest BCUT2D eigenvalue weighted by molar-refractivity contribution is -0.138. The Kier molecular flexibility index (Phi) is 5.06. The zero-order valence-corrected chi connectivity index (χ0v) is 15.8. The van der Waals surface area contributed by atoms with E-state index in [2.05, 4.69) is 15.9 Å². The lowest BCUT2D eigenvalue weighted by Crippen LogP contribution is -2.31. The number of alkyl halides is 3. The van der Waals surface area contributed by atoms with Gasteiger partial charge >= 0.3 is 6.18 Å². The maximum absolute atomic E-state index is 13.1. The van der Waals surface area contributed by atoms with Crippen molar-refractivity contribution in [2.45, 2.75) is 30.0 Å². The van der Waals surface area contributed by atoms with Gasteiger partial charge in [0.2, 0.25) is 10.0 Å². The summed E-state index contributed by atoms with van der Waals surface area (Å²) >= 11 is 2.82. The van der Waals surface area contributed by atoms with Gasteiger partial charge in [-0.1, -0.05) is 28.1 Å². The number of halogens is 4. The third kappa shape index (κ3) is 3.60. The van der Waals surface area contributed by atoms with E-state index in [0.29, 0.717) is 24.5 Å². The lowest BCUT2D eigenvalue weighted by Gasteiger charge is -2.25. The fourth-order valence-corrected chi connectivity index (χ4v) is 5.26. The van der Waals surface area contributed by atoms with Gasteiger partial charge in [-0.15, -0.1) is 0 Å². The van der Waals surface area contributed by atoms with Crippen molar-refractivity contribution in [2.75, 3.05) is 6.54 Å². The molecule has 1 atom stereocenters. The molecule has 3 rings (SSSR count). The standard InChI is InChI=1S/C17H15BrF3NO3S/c18-15-8-7-13(10-14(15)17(19,20)21)26(24,25)22-9-1-2-16(22)11-3-5-12(23)6-4-11/h3-8,10,16,23H,1-2,9H2. The third-order valence-corrected chi connectivity index (χ3v) is 6.93. The minimum absolute atomic E-state index is 0.0592. The molecule has 2 aromatic rings. The molecular weight excluding hydrogens is 435 g/mol. The molecule has 2 aromatic carbocycles. The number of phenolic OH excluding ortho intramolecular Hbond substituents is 1. The zero-order chi connectivity index (χ0) is 19.1. The summed E-state index contributed by atoms with van der Waals surface area (Å²) in [5.41, 5.74) is -0.337. The summed E-state index contributed by atoms with van der Waals surface area (Å²) in [5.74, 6) is 0.0592. The van der Waals surface area contributed by atoms with Gasteiger partial charge in [0.25, 0.3) is 0 Å². The molecule has 0 spiro atoms. The number of hydrogen-bond acceptors (Lipinski definition) is 3. The van der Waals surface area contributed by atoms with Gasteiger partial charge in [-0.3, -0.25) is 0 Å². The van der Waals surface area contributed by atoms with E-state index in [4.69, 9.17) is 0 Å². The number of rotatable bonds is 3. The average molecular weight is 450 g/mol. The number of hydrogen-bond donors (Lipinski definition) is 1. The molecule has 0 saturated carbocycles. The van der Waals surface area contributed by atoms with E-state index in [1.807, 2.05) is 0 Å². The molecule has 4 nitrogen and oxygen atoms in total. The van der Waals surface area contributed by atoms with Gasteiger partial charge in [0.1, 0.15) is 5.75 Å². The number of sulfonamides is 1. The summed E-state index contributed by atoms with van der Waals surface area (Å²) < 4.78 is 66.3. The largest absolute Gasteiger partial charge is 0.508 e. The molecule has 0 bridgehead atoms. The van der Waals surface area contributed by atoms with Gasteiger partial charge in [0.15, 0.2) is 0 Å². The van der Waals surface area contributed by atoms with Gasteiger partial charge in [-0.05, 0) is 48.7 Å². The monoisotopic (exact) mass is 449 g/mol. The normalized spacial score (nSPS) is 19.0. The first-order chi connectivity index (χ1) is 12.1. The van der Waals surface area contributed by atoms with Crippen LogP contribution in [0.25, 0.3) is 0 Å². The van der Waals surface area contributed by atoms with Crippen LogP contribution < -0.4 is 0 Å². The highest BCUT2D eigenvalue weighted by atomic mass is 79.9. The van der Waals surface area contributed by atoms with Crippen LogP contribution in [0.1, 0.15) is 30.0 Å². The highest BCUT2D eigenvalue weighted by Crippen LogP contribution is 2.40. The molecule has 1 N–H and O–H groups in total. The minimum atomic E-state index is -4.66. The van der Waals surface area contributed by atoms with Crippen LogP contribution in [0, 0.1) is 0 Å². The molecular formula is C17H15BrF3NO3S. The molecule has 0 aromatic heterocycles. The summed E-state index contributed by atoms with van der Waals surface area (Å²) in [4.78, 5) is -0.390. The van der Waals surface area contributed by atoms with Gasteiger partial charge in [-0.25, -0.2) is 8.42 Å². The van der Waals surface area contributed by atoms with Crippen LogP contribution in [0.15, 0.2) is 51.8 Å². The fourth-order valence-electron chi connectivity index (χ4n) is 3.07. The predicted molar refractivity (Wildman–Crippen MR) is 93.1 cm³/mol. The number of benzene rings is 2. The summed E-state index contributed by atoms with van der Waals surface area (Å²) in [6.45, 7) is 0.227. The molecule has 26 heavy (non-hydrogen) atoms. The Balaban J connectivity index is 2.01. The smallest absolute Gasteiger partial charge is 0.417 e. The SMILES string of the molecule is O=S(=O)(c1ccc(Br)c(C(F)(F)F)c1)N1CCCC1c1ccc(O)cc1. The zero-order valence-electron chi connectivity index (χ0n) is 13.4. The Morgan fingerprint density at radius 2 is 1.77 bits per heavy atom. The Hall–Kier alpha value is -1.58. The number of aromatic hydroxyl groups is 1. The molecule has 9 heteroatoms. The molecule has 1 aliphatic rings. The lowest BCUT2D eigenvalue weighted by atomic mass is 10.1. The van der Waals surface area contributed by atoms with Crippen LogP contribution in [-0.2, 0) is 16.2 Å². The van der Waals surface area contributed by atoms with Crippen LogP contribution in [0.3, 0.4) is 0 Å². The average Bonchev–Trinajstić information content (AvgIpc) is 3.05. The summed E-state index contributed by atoms with van der Waals surface area (Å²) in [7, 11) is -4.10. The van der Waals surface area contributed by atoms with E-state index in [-0.39, 0.29) is 16.8 Å². The molecule has 0 amide bonds. The maximum atomic E-state index is 13.1. The van der Waals surface area contributed by atoms with Gasteiger partial charge in [-0.2, -0.15) is 17.5 Å². The summed E-state index contributed by atoms with van der Waals surface area (Å²) in [6, 6.07) is 8.61. The first-order valence-electron chi connectivity index (χ1n) is 7.78. The quantitative estimate of drug-likeness (QED) is 0.738. The van der Waals surface area contributed by atoms with E-state index in [1.165, 1.54) is 22.5 Å². The van der Waals surface area contributed by atoms with E-state index >= 15 is 0 Å². The van der Waals surface area contributed by atoms with Crippen molar-refractivity contribution in [2.24, 2.45) is 0 Å². The second-order valence-corrected chi connectivity index (χ2v) is 8.75. The van der Waals surface area contributed by atoms with Crippen molar-refractivity contribution in [3.8, 4) is 5.75 Å². The third-order valence-electron chi connectivity index (χ3n) is 4.33. The van der Waals surface area contributed by atoms with E-state index in [0.717, 1.165) is 6.07 Å². The second-order valence-electron chi connectivity index (χ2n) is 6.00. The van der Waals surface area contributed by atoms with Crippen molar-refractivity contribution in [1.82, 2.24) is 4.31 Å². The molecule has 0 aliphatic carbocycles.